The molecule has 0 spiro atoms. The predicted octanol–water partition coefficient (Wildman–Crippen LogP) is 4.50. The third-order valence-corrected chi connectivity index (χ3v) is 3.72. The molecule has 0 saturated heterocycles. The molecule has 0 rings (SSSR count). The molecule has 0 heterocycles. The van der Waals surface area contributed by atoms with Gasteiger partial charge in [-0.3, -0.25) is 0 Å². The highest BCUT2D eigenvalue weighted by Gasteiger charge is 2.04. The molecule has 0 aromatic rings. The van der Waals surface area contributed by atoms with Crippen LogP contribution < -0.4 is 0 Å². The second kappa shape index (κ2) is 17.9. The summed E-state index contributed by atoms with van der Waals surface area (Å²) in [6.07, 6.45) is 10.3. The number of rotatable bonds is 17. The summed E-state index contributed by atoms with van der Waals surface area (Å²) in [6.45, 7) is 13.4. The van der Waals surface area contributed by atoms with Gasteiger partial charge in [0.15, 0.2) is 0 Å². The maximum atomic E-state index is 5.69. The third-order valence-electron chi connectivity index (χ3n) is 3.72. The fourth-order valence-electron chi connectivity index (χ4n) is 2.27. The lowest BCUT2D eigenvalue weighted by Gasteiger charge is -2.22. The zero-order valence-electron chi connectivity index (χ0n) is 14.9. The molecule has 0 aromatic heterocycles. The van der Waals surface area contributed by atoms with Gasteiger partial charge in [-0.25, -0.2) is 0 Å². The van der Waals surface area contributed by atoms with Crippen molar-refractivity contribution in [3.05, 3.63) is 0 Å². The van der Waals surface area contributed by atoms with Crippen molar-refractivity contribution < 1.29 is 9.47 Å². The van der Waals surface area contributed by atoms with Crippen molar-refractivity contribution in [3.8, 4) is 0 Å². The van der Waals surface area contributed by atoms with E-state index in [0.717, 1.165) is 39.4 Å². The number of hydrogen-bond acceptors (Lipinski definition) is 3. The van der Waals surface area contributed by atoms with E-state index in [-0.39, 0.29) is 0 Å². The SMILES string of the molecule is CCCCCN(CCCCC)CCOCCOCCCC. The average Bonchev–Trinajstić information content (AvgIpc) is 2.49. The standard InChI is InChI=1S/C18H39NO2/c1-4-7-10-12-19(13-11-8-5-2)14-16-21-18-17-20-15-9-6-3/h4-18H2,1-3H3. The molecule has 0 unspecified atom stereocenters. The van der Waals surface area contributed by atoms with Gasteiger partial charge in [-0.1, -0.05) is 52.9 Å². The molecular weight excluding hydrogens is 262 g/mol. The van der Waals surface area contributed by atoms with Gasteiger partial charge >= 0.3 is 0 Å². The monoisotopic (exact) mass is 301 g/mol. The van der Waals surface area contributed by atoms with Crippen molar-refractivity contribution in [1.82, 2.24) is 4.90 Å². The Kier molecular flexibility index (Phi) is 17.8. The molecule has 0 amide bonds. The minimum atomic E-state index is 0.738. The summed E-state index contributed by atoms with van der Waals surface area (Å²) in [4.78, 5) is 2.57. The summed E-state index contributed by atoms with van der Waals surface area (Å²) in [5.74, 6) is 0. The lowest BCUT2D eigenvalue weighted by Crippen LogP contribution is -2.30. The van der Waals surface area contributed by atoms with Crippen molar-refractivity contribution in [2.45, 2.75) is 72.1 Å². The van der Waals surface area contributed by atoms with E-state index >= 15 is 0 Å². The minimum absolute atomic E-state index is 0.738. The Labute approximate surface area is 133 Å². The maximum Gasteiger partial charge on any atom is 0.0701 e. The fraction of sp³-hybridized carbons (Fsp3) is 1.00. The second-order valence-corrected chi connectivity index (χ2v) is 5.83. The van der Waals surface area contributed by atoms with Gasteiger partial charge in [0.1, 0.15) is 0 Å². The molecule has 3 nitrogen and oxygen atoms in total. The maximum absolute atomic E-state index is 5.69. The first-order valence-corrected chi connectivity index (χ1v) is 9.22. The van der Waals surface area contributed by atoms with Crippen LogP contribution in [-0.4, -0.2) is 51.0 Å². The molecule has 21 heavy (non-hydrogen) atoms. The highest BCUT2D eigenvalue weighted by Crippen LogP contribution is 2.02. The Morgan fingerprint density at radius 2 is 1.05 bits per heavy atom. The van der Waals surface area contributed by atoms with Crippen molar-refractivity contribution in [2.75, 3.05) is 46.1 Å². The van der Waals surface area contributed by atoms with Gasteiger partial charge in [0.25, 0.3) is 0 Å². The van der Waals surface area contributed by atoms with Crippen LogP contribution >= 0.6 is 0 Å². The van der Waals surface area contributed by atoms with E-state index in [0.29, 0.717) is 0 Å². The summed E-state index contributed by atoms with van der Waals surface area (Å²) < 4.78 is 11.2. The molecule has 0 aliphatic heterocycles. The van der Waals surface area contributed by atoms with Crippen molar-refractivity contribution in [3.63, 3.8) is 0 Å². The molecule has 3 heteroatoms. The average molecular weight is 302 g/mol. The number of unbranched alkanes of at least 4 members (excludes halogenated alkanes) is 5. The van der Waals surface area contributed by atoms with E-state index in [9.17, 15) is 0 Å². The van der Waals surface area contributed by atoms with Gasteiger partial charge < -0.3 is 14.4 Å². The first-order chi connectivity index (χ1) is 10.3. The number of nitrogens with zero attached hydrogens (tertiary/aromatic N) is 1. The van der Waals surface area contributed by atoms with E-state index in [2.05, 4.69) is 25.7 Å². The molecule has 0 bridgehead atoms. The number of ether oxygens (including phenoxy) is 2. The Balaban J connectivity index is 3.54. The van der Waals surface area contributed by atoms with Crippen LogP contribution in [0.2, 0.25) is 0 Å². The van der Waals surface area contributed by atoms with Gasteiger partial charge in [-0.2, -0.15) is 0 Å². The van der Waals surface area contributed by atoms with Gasteiger partial charge in [0.05, 0.1) is 19.8 Å². The van der Waals surface area contributed by atoms with Crippen LogP contribution in [-0.2, 0) is 9.47 Å². The molecular formula is C18H39NO2. The molecule has 0 saturated carbocycles. The van der Waals surface area contributed by atoms with E-state index < -0.39 is 0 Å². The van der Waals surface area contributed by atoms with Crippen molar-refractivity contribution in [2.24, 2.45) is 0 Å². The largest absolute Gasteiger partial charge is 0.379 e. The Morgan fingerprint density at radius 3 is 1.57 bits per heavy atom. The summed E-state index contributed by atoms with van der Waals surface area (Å²) in [5.41, 5.74) is 0. The normalized spacial score (nSPS) is 11.4. The molecule has 0 N–H and O–H groups in total. The van der Waals surface area contributed by atoms with Crippen LogP contribution in [0.4, 0.5) is 0 Å². The topological polar surface area (TPSA) is 21.7 Å². The zero-order chi connectivity index (χ0) is 15.6. The third kappa shape index (κ3) is 16.1. The highest BCUT2D eigenvalue weighted by molar-refractivity contribution is 4.58. The summed E-state index contributed by atoms with van der Waals surface area (Å²) >= 11 is 0. The van der Waals surface area contributed by atoms with Crippen LogP contribution in [0.5, 0.6) is 0 Å². The fourth-order valence-corrected chi connectivity index (χ4v) is 2.27. The van der Waals surface area contributed by atoms with E-state index in [1.54, 1.807) is 0 Å². The van der Waals surface area contributed by atoms with Crippen molar-refractivity contribution >= 4 is 0 Å². The quantitative estimate of drug-likeness (QED) is 0.369. The Bertz CT molecular complexity index is 178. The first kappa shape index (κ1) is 20.9. The van der Waals surface area contributed by atoms with Crippen molar-refractivity contribution in [1.29, 1.82) is 0 Å². The smallest absolute Gasteiger partial charge is 0.0701 e. The van der Waals surface area contributed by atoms with Crippen LogP contribution in [0, 0.1) is 0 Å². The summed E-state index contributed by atoms with van der Waals surface area (Å²) in [7, 11) is 0. The summed E-state index contributed by atoms with van der Waals surface area (Å²) in [6, 6.07) is 0. The molecule has 0 atom stereocenters. The summed E-state index contributed by atoms with van der Waals surface area (Å²) in [5, 5.41) is 0. The molecule has 128 valence electrons. The zero-order valence-corrected chi connectivity index (χ0v) is 14.9. The Hall–Kier alpha value is -0.120. The predicted molar refractivity (Wildman–Crippen MR) is 92.0 cm³/mol. The highest BCUT2D eigenvalue weighted by atomic mass is 16.5. The molecule has 0 aliphatic carbocycles. The molecule has 0 aliphatic rings. The van der Waals surface area contributed by atoms with Crippen LogP contribution in [0.15, 0.2) is 0 Å². The van der Waals surface area contributed by atoms with Gasteiger partial charge in [0, 0.05) is 13.2 Å². The van der Waals surface area contributed by atoms with Gasteiger partial charge in [0.2, 0.25) is 0 Å². The molecule has 0 fully saturated rings. The Morgan fingerprint density at radius 1 is 0.524 bits per heavy atom. The molecule has 0 aromatic carbocycles. The van der Waals surface area contributed by atoms with Gasteiger partial charge in [-0.15, -0.1) is 0 Å². The van der Waals surface area contributed by atoms with Crippen LogP contribution in [0.25, 0.3) is 0 Å². The second-order valence-electron chi connectivity index (χ2n) is 5.83. The van der Waals surface area contributed by atoms with Crippen LogP contribution in [0.1, 0.15) is 72.1 Å². The minimum Gasteiger partial charge on any atom is -0.379 e. The van der Waals surface area contributed by atoms with E-state index in [4.69, 9.17) is 9.47 Å². The molecule has 0 radical (unpaired) electrons. The van der Waals surface area contributed by atoms with Crippen LogP contribution in [0.3, 0.4) is 0 Å². The van der Waals surface area contributed by atoms with Gasteiger partial charge in [-0.05, 0) is 32.4 Å². The first-order valence-electron chi connectivity index (χ1n) is 9.22. The lowest BCUT2D eigenvalue weighted by atomic mass is 10.2. The number of hydrogen-bond donors (Lipinski definition) is 0. The van der Waals surface area contributed by atoms with E-state index in [1.807, 2.05) is 0 Å². The lowest BCUT2D eigenvalue weighted by molar-refractivity contribution is 0.0374. The van der Waals surface area contributed by atoms with E-state index in [1.165, 1.54) is 58.0 Å².